The van der Waals surface area contributed by atoms with Gasteiger partial charge >= 0.3 is 0 Å². The molecule has 2 atom stereocenters. The first kappa shape index (κ1) is 13.0. The van der Waals surface area contributed by atoms with Gasteiger partial charge < -0.3 is 15.0 Å². The summed E-state index contributed by atoms with van der Waals surface area (Å²) in [5.74, 6) is 0. The molecule has 2 heterocycles. The van der Waals surface area contributed by atoms with Crippen molar-refractivity contribution >= 4 is 11.3 Å². The van der Waals surface area contributed by atoms with E-state index >= 15 is 0 Å². The van der Waals surface area contributed by atoms with Crippen LogP contribution < -0.4 is 5.32 Å². The summed E-state index contributed by atoms with van der Waals surface area (Å²) in [5.41, 5.74) is 1.36. The zero-order valence-electron chi connectivity index (χ0n) is 10.7. The molecule has 1 aliphatic rings. The normalized spacial score (nSPS) is 23.8. The van der Waals surface area contributed by atoms with Gasteiger partial charge in [0.1, 0.15) is 0 Å². The van der Waals surface area contributed by atoms with Crippen LogP contribution in [0.5, 0.6) is 0 Å². The fraction of sp³-hybridized carbons (Fsp3) is 0.692. The maximum atomic E-state index is 5.93. The van der Waals surface area contributed by atoms with Gasteiger partial charge in [0, 0.05) is 13.1 Å². The van der Waals surface area contributed by atoms with Crippen molar-refractivity contribution in [3.8, 4) is 0 Å². The van der Waals surface area contributed by atoms with Crippen molar-refractivity contribution in [1.82, 2.24) is 10.2 Å². The van der Waals surface area contributed by atoms with Crippen LogP contribution in [0.4, 0.5) is 0 Å². The summed E-state index contributed by atoms with van der Waals surface area (Å²) in [4.78, 5) is 2.35. The molecule has 1 fully saturated rings. The molecule has 0 radical (unpaired) electrons. The number of likely N-dealkylation sites (N-methyl/N-ethyl adjacent to an activating group) is 1. The first-order valence-electron chi connectivity index (χ1n) is 6.37. The summed E-state index contributed by atoms with van der Waals surface area (Å²) in [7, 11) is 2.17. The van der Waals surface area contributed by atoms with Crippen molar-refractivity contribution in [1.29, 1.82) is 0 Å². The standard InChI is InChI=1S/C13H22N2OS/c1-3-5-14-13(11-4-8-17-10-11)12-9-15(2)6-7-16-12/h4,8,10,12-14H,3,5-7,9H2,1-2H3. The first-order chi connectivity index (χ1) is 8.31. The molecule has 3 nitrogen and oxygen atoms in total. The molecule has 0 saturated carbocycles. The van der Waals surface area contributed by atoms with Gasteiger partial charge in [-0.15, -0.1) is 0 Å². The number of ether oxygens (including phenoxy) is 1. The summed E-state index contributed by atoms with van der Waals surface area (Å²) in [6.07, 6.45) is 1.43. The minimum absolute atomic E-state index is 0.273. The summed E-state index contributed by atoms with van der Waals surface area (Å²) in [6.45, 7) is 6.14. The van der Waals surface area contributed by atoms with E-state index < -0.39 is 0 Å². The number of hydrogen-bond acceptors (Lipinski definition) is 4. The van der Waals surface area contributed by atoms with Crippen LogP contribution >= 0.6 is 11.3 Å². The van der Waals surface area contributed by atoms with Crippen molar-refractivity contribution in [3.05, 3.63) is 22.4 Å². The van der Waals surface area contributed by atoms with E-state index in [0.29, 0.717) is 6.04 Å². The Kier molecular flexibility index (Phi) is 4.98. The Bertz CT molecular complexity index is 315. The second-order valence-corrected chi connectivity index (χ2v) is 5.44. The zero-order valence-corrected chi connectivity index (χ0v) is 11.5. The third kappa shape index (κ3) is 3.52. The number of thiophene rings is 1. The van der Waals surface area contributed by atoms with Crippen LogP contribution in [0.1, 0.15) is 24.9 Å². The van der Waals surface area contributed by atoms with Crippen LogP contribution in [-0.2, 0) is 4.74 Å². The molecule has 0 amide bonds. The smallest absolute Gasteiger partial charge is 0.0897 e. The van der Waals surface area contributed by atoms with Crippen LogP contribution in [0.3, 0.4) is 0 Å². The number of morpholine rings is 1. The van der Waals surface area contributed by atoms with Crippen LogP contribution in [0, 0.1) is 0 Å². The van der Waals surface area contributed by atoms with E-state index in [4.69, 9.17) is 4.74 Å². The molecule has 1 aromatic heterocycles. The third-order valence-corrected chi connectivity index (χ3v) is 3.89. The van der Waals surface area contributed by atoms with E-state index in [-0.39, 0.29) is 6.10 Å². The number of hydrogen-bond donors (Lipinski definition) is 1. The van der Waals surface area contributed by atoms with Crippen molar-refractivity contribution < 1.29 is 4.74 Å². The maximum Gasteiger partial charge on any atom is 0.0897 e. The van der Waals surface area contributed by atoms with Gasteiger partial charge in [-0.2, -0.15) is 11.3 Å². The quantitative estimate of drug-likeness (QED) is 0.871. The minimum Gasteiger partial charge on any atom is -0.374 e. The highest BCUT2D eigenvalue weighted by molar-refractivity contribution is 7.07. The first-order valence-corrected chi connectivity index (χ1v) is 7.31. The fourth-order valence-electron chi connectivity index (χ4n) is 2.23. The molecule has 96 valence electrons. The van der Waals surface area contributed by atoms with Gasteiger partial charge in [0.25, 0.3) is 0 Å². The Morgan fingerprint density at radius 2 is 2.53 bits per heavy atom. The highest BCUT2D eigenvalue weighted by atomic mass is 32.1. The average Bonchev–Trinajstić information content (AvgIpc) is 2.83. The molecule has 1 N–H and O–H groups in total. The minimum atomic E-state index is 0.273. The summed E-state index contributed by atoms with van der Waals surface area (Å²) in [6, 6.07) is 2.54. The van der Waals surface area contributed by atoms with Crippen molar-refractivity contribution in [2.45, 2.75) is 25.5 Å². The number of rotatable bonds is 5. The second-order valence-electron chi connectivity index (χ2n) is 4.66. The van der Waals surface area contributed by atoms with Crippen LogP contribution in [0.25, 0.3) is 0 Å². The molecule has 0 aliphatic carbocycles. The third-order valence-electron chi connectivity index (χ3n) is 3.18. The van der Waals surface area contributed by atoms with Crippen molar-refractivity contribution in [3.63, 3.8) is 0 Å². The molecular weight excluding hydrogens is 232 g/mol. The Morgan fingerprint density at radius 3 is 3.18 bits per heavy atom. The van der Waals surface area contributed by atoms with Crippen LogP contribution in [0.2, 0.25) is 0 Å². The fourth-order valence-corrected chi connectivity index (χ4v) is 2.93. The van der Waals surface area contributed by atoms with E-state index in [1.165, 1.54) is 5.56 Å². The predicted molar refractivity (Wildman–Crippen MR) is 72.6 cm³/mol. The Labute approximate surface area is 108 Å². The van der Waals surface area contributed by atoms with Gasteiger partial charge in [0.15, 0.2) is 0 Å². The molecule has 2 rings (SSSR count). The largest absolute Gasteiger partial charge is 0.374 e. The highest BCUT2D eigenvalue weighted by Crippen LogP contribution is 2.24. The Balaban J connectivity index is 2.03. The van der Waals surface area contributed by atoms with Gasteiger partial charge in [-0.1, -0.05) is 6.92 Å². The lowest BCUT2D eigenvalue weighted by atomic mass is 10.0. The van der Waals surface area contributed by atoms with Gasteiger partial charge in [0.2, 0.25) is 0 Å². The molecule has 2 unspecified atom stereocenters. The highest BCUT2D eigenvalue weighted by Gasteiger charge is 2.27. The number of nitrogens with zero attached hydrogens (tertiary/aromatic N) is 1. The molecule has 17 heavy (non-hydrogen) atoms. The summed E-state index contributed by atoms with van der Waals surface area (Å²) >= 11 is 1.76. The molecule has 0 spiro atoms. The topological polar surface area (TPSA) is 24.5 Å². The monoisotopic (exact) mass is 254 g/mol. The maximum absolute atomic E-state index is 5.93. The Hall–Kier alpha value is -0.420. The molecule has 1 aliphatic heterocycles. The lowest BCUT2D eigenvalue weighted by Gasteiger charge is -2.35. The average molecular weight is 254 g/mol. The predicted octanol–water partition coefficient (Wildman–Crippen LogP) is 2.12. The van der Waals surface area contributed by atoms with E-state index in [1.54, 1.807) is 11.3 Å². The van der Waals surface area contributed by atoms with E-state index in [2.05, 4.69) is 41.0 Å². The molecule has 1 aromatic rings. The molecule has 1 saturated heterocycles. The molecular formula is C13H22N2OS. The van der Waals surface area contributed by atoms with E-state index in [1.807, 2.05) is 0 Å². The SMILES string of the molecule is CCCNC(c1ccsc1)C1CN(C)CCO1. The van der Waals surface area contributed by atoms with Crippen molar-refractivity contribution in [2.75, 3.05) is 33.3 Å². The lowest BCUT2D eigenvalue weighted by molar-refractivity contribution is -0.0391. The van der Waals surface area contributed by atoms with Gasteiger partial charge in [-0.25, -0.2) is 0 Å². The van der Waals surface area contributed by atoms with Crippen LogP contribution in [-0.4, -0.2) is 44.3 Å². The summed E-state index contributed by atoms with van der Waals surface area (Å²) < 4.78 is 5.93. The Morgan fingerprint density at radius 1 is 1.65 bits per heavy atom. The zero-order chi connectivity index (χ0) is 12.1. The van der Waals surface area contributed by atoms with Crippen LogP contribution in [0.15, 0.2) is 16.8 Å². The summed E-state index contributed by atoms with van der Waals surface area (Å²) in [5, 5.41) is 7.99. The van der Waals surface area contributed by atoms with E-state index in [0.717, 1.165) is 32.7 Å². The molecule has 0 bridgehead atoms. The second kappa shape index (κ2) is 6.50. The van der Waals surface area contributed by atoms with Gasteiger partial charge in [0.05, 0.1) is 18.8 Å². The molecule has 4 heteroatoms. The van der Waals surface area contributed by atoms with Crippen molar-refractivity contribution in [2.24, 2.45) is 0 Å². The lowest BCUT2D eigenvalue weighted by Crippen LogP contribution is -2.46. The number of nitrogens with one attached hydrogen (secondary N) is 1. The van der Waals surface area contributed by atoms with Gasteiger partial charge in [-0.05, 0) is 42.4 Å². The van der Waals surface area contributed by atoms with Gasteiger partial charge in [-0.3, -0.25) is 0 Å². The molecule has 0 aromatic carbocycles. The van der Waals surface area contributed by atoms with E-state index in [9.17, 15) is 0 Å².